The normalized spacial score (nSPS) is 11.6. The smallest absolute Gasteiger partial charge is 0.0361 e. The third-order valence-corrected chi connectivity index (χ3v) is 7.72. The SMILES string of the molecule is c1ccc(-c2ccc3cc4sc5cc6ccc(-c7ccccc7)cc6cc5c4cc3c2)cc1. The standard InChI is InChI=1S/C32H20S/c1-3-7-21(8-4-1)23-11-13-25-19-31-29(17-27(25)15-23)30-18-28-16-24(22-9-5-2-6-10-22)12-14-26(28)20-32(30)33-31/h1-20H. The molecule has 7 rings (SSSR count). The second kappa shape index (κ2) is 7.30. The van der Waals surface area contributed by atoms with Crippen LogP contribution in [0.15, 0.2) is 121 Å². The highest BCUT2D eigenvalue weighted by Gasteiger charge is 2.10. The summed E-state index contributed by atoms with van der Waals surface area (Å²) in [5, 5.41) is 7.87. The van der Waals surface area contributed by atoms with Crippen molar-refractivity contribution in [1.29, 1.82) is 0 Å². The van der Waals surface area contributed by atoms with Gasteiger partial charge in [0.1, 0.15) is 0 Å². The Bertz CT molecular complexity index is 1660. The molecule has 0 saturated carbocycles. The van der Waals surface area contributed by atoms with Crippen LogP contribution in [-0.4, -0.2) is 0 Å². The summed E-state index contributed by atoms with van der Waals surface area (Å²) in [6.45, 7) is 0. The highest BCUT2D eigenvalue weighted by atomic mass is 32.1. The molecule has 0 bridgehead atoms. The molecule has 7 aromatic rings. The molecule has 0 fully saturated rings. The summed E-state index contributed by atoms with van der Waals surface area (Å²) in [6, 6.07) is 44.3. The van der Waals surface area contributed by atoms with Gasteiger partial charge in [0.05, 0.1) is 0 Å². The van der Waals surface area contributed by atoms with Gasteiger partial charge < -0.3 is 0 Å². The van der Waals surface area contributed by atoms with Crippen LogP contribution in [0.3, 0.4) is 0 Å². The minimum absolute atomic E-state index is 1.26. The average Bonchev–Trinajstić information content (AvgIpc) is 3.22. The Labute approximate surface area is 196 Å². The summed E-state index contributed by atoms with van der Waals surface area (Å²) in [7, 11) is 0. The largest absolute Gasteiger partial charge is 0.135 e. The maximum Gasteiger partial charge on any atom is 0.0361 e. The van der Waals surface area contributed by atoms with Crippen LogP contribution >= 0.6 is 11.3 Å². The summed E-state index contributed by atoms with van der Waals surface area (Å²) >= 11 is 1.89. The first kappa shape index (κ1) is 18.6. The number of hydrogen-bond acceptors (Lipinski definition) is 1. The van der Waals surface area contributed by atoms with Crippen LogP contribution in [-0.2, 0) is 0 Å². The van der Waals surface area contributed by atoms with E-state index >= 15 is 0 Å². The first-order chi connectivity index (χ1) is 16.3. The second-order valence-electron chi connectivity index (χ2n) is 8.65. The monoisotopic (exact) mass is 436 g/mol. The Morgan fingerprint density at radius 2 is 0.788 bits per heavy atom. The minimum Gasteiger partial charge on any atom is -0.135 e. The van der Waals surface area contributed by atoms with E-state index in [1.54, 1.807) is 0 Å². The zero-order chi connectivity index (χ0) is 21.8. The fourth-order valence-corrected chi connectivity index (χ4v) is 6.05. The third kappa shape index (κ3) is 3.13. The molecule has 0 aliphatic rings. The topological polar surface area (TPSA) is 0 Å². The third-order valence-electron chi connectivity index (χ3n) is 6.60. The zero-order valence-corrected chi connectivity index (χ0v) is 18.8. The van der Waals surface area contributed by atoms with Crippen molar-refractivity contribution in [2.24, 2.45) is 0 Å². The molecule has 0 amide bonds. The van der Waals surface area contributed by atoms with Gasteiger partial charge in [-0.15, -0.1) is 11.3 Å². The van der Waals surface area contributed by atoms with E-state index in [4.69, 9.17) is 0 Å². The Balaban J connectivity index is 1.44. The van der Waals surface area contributed by atoms with Crippen LogP contribution in [0.4, 0.5) is 0 Å². The maximum absolute atomic E-state index is 2.38. The van der Waals surface area contributed by atoms with Gasteiger partial charge in [-0.2, -0.15) is 0 Å². The fourth-order valence-electron chi connectivity index (χ4n) is 4.88. The lowest BCUT2D eigenvalue weighted by atomic mass is 9.98. The molecule has 1 heteroatoms. The quantitative estimate of drug-likeness (QED) is 0.253. The van der Waals surface area contributed by atoms with Crippen molar-refractivity contribution >= 4 is 53.1 Å². The van der Waals surface area contributed by atoms with E-state index in [0.29, 0.717) is 0 Å². The summed E-state index contributed by atoms with van der Waals surface area (Å²) < 4.78 is 2.70. The van der Waals surface area contributed by atoms with Crippen molar-refractivity contribution in [3.05, 3.63) is 121 Å². The van der Waals surface area contributed by atoms with Gasteiger partial charge in [0, 0.05) is 20.2 Å². The number of rotatable bonds is 2. The molecule has 0 saturated heterocycles. The van der Waals surface area contributed by atoms with Gasteiger partial charge in [0.25, 0.3) is 0 Å². The van der Waals surface area contributed by atoms with Crippen molar-refractivity contribution in [3.8, 4) is 22.3 Å². The molecule has 1 aromatic heterocycles. The van der Waals surface area contributed by atoms with E-state index in [0.717, 1.165) is 0 Å². The molecule has 0 N–H and O–H groups in total. The van der Waals surface area contributed by atoms with E-state index in [1.165, 1.54) is 64.0 Å². The predicted molar refractivity (Wildman–Crippen MR) is 145 cm³/mol. The van der Waals surface area contributed by atoms with Crippen LogP contribution in [0.25, 0.3) is 64.0 Å². The first-order valence-corrected chi connectivity index (χ1v) is 12.1. The fraction of sp³-hybridized carbons (Fsp3) is 0. The first-order valence-electron chi connectivity index (χ1n) is 11.3. The molecule has 0 atom stereocenters. The highest BCUT2D eigenvalue weighted by molar-refractivity contribution is 7.26. The van der Waals surface area contributed by atoms with Crippen molar-refractivity contribution in [3.63, 3.8) is 0 Å². The van der Waals surface area contributed by atoms with E-state index < -0.39 is 0 Å². The molecule has 0 aliphatic carbocycles. The van der Waals surface area contributed by atoms with Gasteiger partial charge in [-0.05, 0) is 80.2 Å². The van der Waals surface area contributed by atoms with Crippen LogP contribution in [0.5, 0.6) is 0 Å². The van der Waals surface area contributed by atoms with Crippen molar-refractivity contribution < 1.29 is 0 Å². The Kier molecular flexibility index (Phi) is 4.12. The summed E-state index contributed by atoms with van der Waals surface area (Å²) in [5.41, 5.74) is 5.04. The van der Waals surface area contributed by atoms with Crippen molar-refractivity contribution in [2.75, 3.05) is 0 Å². The van der Waals surface area contributed by atoms with Crippen LogP contribution < -0.4 is 0 Å². The van der Waals surface area contributed by atoms with Crippen molar-refractivity contribution in [2.45, 2.75) is 0 Å². The molecule has 6 aromatic carbocycles. The van der Waals surface area contributed by atoms with Gasteiger partial charge in [-0.25, -0.2) is 0 Å². The van der Waals surface area contributed by atoms with Gasteiger partial charge in [-0.1, -0.05) is 84.9 Å². The lowest BCUT2D eigenvalue weighted by Crippen LogP contribution is -1.80. The van der Waals surface area contributed by atoms with E-state index in [-0.39, 0.29) is 0 Å². The predicted octanol–water partition coefficient (Wildman–Crippen LogP) is 9.69. The molecule has 0 nitrogen and oxygen atoms in total. The molecular weight excluding hydrogens is 416 g/mol. The summed E-state index contributed by atoms with van der Waals surface area (Å²) in [5.74, 6) is 0. The van der Waals surface area contributed by atoms with Crippen LogP contribution in [0, 0.1) is 0 Å². The van der Waals surface area contributed by atoms with Gasteiger partial charge in [0.15, 0.2) is 0 Å². The van der Waals surface area contributed by atoms with Crippen LogP contribution in [0.1, 0.15) is 0 Å². The van der Waals surface area contributed by atoms with Gasteiger partial charge in [0.2, 0.25) is 0 Å². The van der Waals surface area contributed by atoms with Crippen molar-refractivity contribution in [1.82, 2.24) is 0 Å². The lowest BCUT2D eigenvalue weighted by molar-refractivity contribution is 1.65. The Hall–Kier alpha value is -3.94. The Morgan fingerprint density at radius 1 is 0.333 bits per heavy atom. The molecule has 0 radical (unpaired) electrons. The number of benzene rings is 6. The molecule has 33 heavy (non-hydrogen) atoms. The molecule has 0 unspecified atom stereocenters. The summed E-state index contributed by atoms with van der Waals surface area (Å²) in [4.78, 5) is 0. The van der Waals surface area contributed by atoms with E-state index in [1.807, 2.05) is 11.3 Å². The Morgan fingerprint density at radius 3 is 1.24 bits per heavy atom. The molecular formula is C32H20S. The van der Waals surface area contributed by atoms with E-state index in [2.05, 4.69) is 121 Å². The minimum atomic E-state index is 1.26. The van der Waals surface area contributed by atoms with Gasteiger partial charge in [-0.3, -0.25) is 0 Å². The average molecular weight is 437 g/mol. The molecule has 0 spiro atoms. The highest BCUT2D eigenvalue weighted by Crippen LogP contribution is 2.40. The van der Waals surface area contributed by atoms with Crippen LogP contribution in [0.2, 0.25) is 0 Å². The maximum atomic E-state index is 2.38. The molecule has 154 valence electrons. The number of thiophene rings is 1. The molecule has 1 heterocycles. The van der Waals surface area contributed by atoms with E-state index in [9.17, 15) is 0 Å². The number of hydrogen-bond donors (Lipinski definition) is 0. The lowest BCUT2D eigenvalue weighted by Gasteiger charge is -2.06. The summed E-state index contributed by atoms with van der Waals surface area (Å²) in [6.07, 6.45) is 0. The number of fused-ring (bicyclic) bond motifs is 5. The molecule has 0 aliphatic heterocycles. The second-order valence-corrected chi connectivity index (χ2v) is 9.74. The zero-order valence-electron chi connectivity index (χ0n) is 18.0. The van der Waals surface area contributed by atoms with Gasteiger partial charge >= 0.3 is 0 Å².